The van der Waals surface area contributed by atoms with Crippen LogP contribution < -0.4 is 5.32 Å². The zero-order valence-corrected chi connectivity index (χ0v) is 10.7. The Kier molecular flexibility index (Phi) is 2.41. The summed E-state index contributed by atoms with van der Waals surface area (Å²) >= 11 is 1.42. The van der Waals surface area contributed by atoms with Crippen molar-refractivity contribution in [2.45, 2.75) is 6.92 Å². The highest BCUT2D eigenvalue weighted by Crippen LogP contribution is 2.27. The summed E-state index contributed by atoms with van der Waals surface area (Å²) in [5.74, 6) is 0.290. The number of aromatic amines is 1. The fraction of sp³-hybridized carbons (Fsp3) is 0.182. The number of nitrogens with zero attached hydrogens (tertiary/aromatic N) is 3. The summed E-state index contributed by atoms with van der Waals surface area (Å²) in [6.07, 6.45) is 3.25. The molecule has 2 N–H and O–H groups in total. The summed E-state index contributed by atoms with van der Waals surface area (Å²) in [4.78, 5) is 20.4. The summed E-state index contributed by atoms with van der Waals surface area (Å²) in [7, 11) is 1.88. The highest BCUT2D eigenvalue weighted by Gasteiger charge is 2.15. The minimum Gasteiger partial charge on any atom is -0.331 e. The minimum absolute atomic E-state index is 0.162. The lowest BCUT2D eigenvalue weighted by Crippen LogP contribution is -2.11. The molecule has 1 amide bonds. The third-order valence-corrected chi connectivity index (χ3v) is 3.85. The Hall–Kier alpha value is -2.15. The maximum atomic E-state index is 12.0. The molecule has 0 aliphatic carbocycles. The van der Waals surface area contributed by atoms with Crippen LogP contribution in [-0.2, 0) is 7.05 Å². The normalized spacial score (nSPS) is 11.0. The van der Waals surface area contributed by atoms with Crippen LogP contribution in [0.3, 0.4) is 0 Å². The van der Waals surface area contributed by atoms with E-state index in [0.29, 0.717) is 10.8 Å². The molecule has 7 heteroatoms. The van der Waals surface area contributed by atoms with E-state index in [9.17, 15) is 4.79 Å². The van der Waals surface area contributed by atoms with Crippen molar-refractivity contribution in [1.82, 2.24) is 19.7 Å². The highest BCUT2D eigenvalue weighted by atomic mass is 32.1. The van der Waals surface area contributed by atoms with Gasteiger partial charge in [-0.3, -0.25) is 14.8 Å². The van der Waals surface area contributed by atoms with Gasteiger partial charge < -0.3 is 4.98 Å². The molecule has 3 rings (SSSR count). The number of carbonyl (C=O) groups is 1. The first-order valence-electron chi connectivity index (χ1n) is 5.39. The van der Waals surface area contributed by atoms with Crippen LogP contribution in [0.15, 0.2) is 18.5 Å². The van der Waals surface area contributed by atoms with Crippen molar-refractivity contribution < 1.29 is 4.79 Å². The molecule has 3 aromatic heterocycles. The Morgan fingerprint density at radius 2 is 2.39 bits per heavy atom. The summed E-state index contributed by atoms with van der Waals surface area (Å²) in [6.45, 7) is 1.93. The quantitative estimate of drug-likeness (QED) is 0.740. The molecule has 0 unspecified atom stereocenters. The zero-order chi connectivity index (χ0) is 12.7. The summed E-state index contributed by atoms with van der Waals surface area (Å²) in [6, 6.07) is 1.86. The molecule has 6 nitrogen and oxygen atoms in total. The number of hydrogen-bond donors (Lipinski definition) is 2. The van der Waals surface area contributed by atoms with Crippen LogP contribution in [0.25, 0.3) is 10.2 Å². The molecular weight excluding hydrogens is 250 g/mol. The number of hydrogen-bond acceptors (Lipinski definition) is 4. The number of H-pyrrole nitrogens is 1. The van der Waals surface area contributed by atoms with Gasteiger partial charge >= 0.3 is 0 Å². The van der Waals surface area contributed by atoms with Crippen molar-refractivity contribution >= 4 is 33.4 Å². The average molecular weight is 261 g/mol. The summed E-state index contributed by atoms with van der Waals surface area (Å²) in [5, 5.41) is 8.03. The second kappa shape index (κ2) is 3.95. The van der Waals surface area contributed by atoms with Gasteiger partial charge in [0.25, 0.3) is 5.91 Å². The molecule has 0 radical (unpaired) electrons. The molecule has 92 valence electrons. The van der Waals surface area contributed by atoms with E-state index in [0.717, 1.165) is 15.9 Å². The van der Waals surface area contributed by atoms with E-state index in [1.807, 2.05) is 20.0 Å². The van der Waals surface area contributed by atoms with Gasteiger partial charge in [-0.25, -0.2) is 4.98 Å². The standard InChI is InChI=1S/C11H11N5OS/c1-6-7-5-8(18-10(7)16(2)15-6)9(17)14-11-12-3-4-13-11/h3-5H,1-2H3,(H2,12,13,14,17). The van der Waals surface area contributed by atoms with Crippen molar-refractivity contribution in [2.75, 3.05) is 5.32 Å². The van der Waals surface area contributed by atoms with Gasteiger partial charge in [0, 0.05) is 24.8 Å². The number of nitrogens with one attached hydrogen (secondary N) is 2. The third-order valence-electron chi connectivity index (χ3n) is 2.65. The Morgan fingerprint density at radius 3 is 3.06 bits per heavy atom. The maximum Gasteiger partial charge on any atom is 0.268 e. The van der Waals surface area contributed by atoms with Crippen molar-refractivity contribution in [2.24, 2.45) is 7.05 Å². The Labute approximate surface area is 107 Å². The van der Waals surface area contributed by atoms with Gasteiger partial charge in [-0.15, -0.1) is 11.3 Å². The second-order valence-corrected chi connectivity index (χ2v) is 4.96. The van der Waals surface area contributed by atoms with Gasteiger partial charge in [0.05, 0.1) is 10.6 Å². The number of anilines is 1. The Morgan fingerprint density at radius 1 is 1.56 bits per heavy atom. The fourth-order valence-corrected chi connectivity index (χ4v) is 2.84. The number of aryl methyl sites for hydroxylation is 2. The lowest BCUT2D eigenvalue weighted by atomic mass is 10.3. The highest BCUT2D eigenvalue weighted by molar-refractivity contribution is 7.20. The molecule has 0 atom stereocenters. The van der Waals surface area contributed by atoms with Crippen LogP contribution in [0.5, 0.6) is 0 Å². The molecule has 0 aliphatic heterocycles. The van der Waals surface area contributed by atoms with E-state index in [1.165, 1.54) is 11.3 Å². The van der Waals surface area contributed by atoms with E-state index in [2.05, 4.69) is 20.4 Å². The van der Waals surface area contributed by atoms with E-state index < -0.39 is 0 Å². The molecule has 0 spiro atoms. The number of carbonyl (C=O) groups excluding carboxylic acids is 1. The van der Waals surface area contributed by atoms with Crippen molar-refractivity contribution in [3.63, 3.8) is 0 Å². The first-order valence-corrected chi connectivity index (χ1v) is 6.20. The number of aromatic nitrogens is 4. The predicted octanol–water partition coefficient (Wildman–Crippen LogP) is 1.92. The van der Waals surface area contributed by atoms with E-state index in [1.54, 1.807) is 17.1 Å². The number of thiophene rings is 1. The molecule has 3 heterocycles. The van der Waals surface area contributed by atoms with Gasteiger partial charge in [-0.2, -0.15) is 5.10 Å². The van der Waals surface area contributed by atoms with E-state index >= 15 is 0 Å². The summed E-state index contributed by atoms with van der Waals surface area (Å²) in [5.41, 5.74) is 0.931. The monoisotopic (exact) mass is 261 g/mol. The first-order chi connectivity index (χ1) is 8.65. The molecule has 3 aromatic rings. The van der Waals surface area contributed by atoms with Crippen LogP contribution in [-0.4, -0.2) is 25.7 Å². The van der Waals surface area contributed by atoms with Crippen LogP contribution in [0.4, 0.5) is 5.95 Å². The van der Waals surface area contributed by atoms with Crippen LogP contribution in [0, 0.1) is 6.92 Å². The topological polar surface area (TPSA) is 75.6 Å². The van der Waals surface area contributed by atoms with E-state index in [4.69, 9.17) is 0 Å². The summed E-state index contributed by atoms with van der Waals surface area (Å²) < 4.78 is 1.79. The SMILES string of the molecule is Cc1nn(C)c2sc(C(=O)Nc3ncc[nH]3)cc12. The number of rotatable bonds is 2. The third kappa shape index (κ3) is 1.68. The molecule has 0 saturated carbocycles. The molecule has 0 fully saturated rings. The number of fused-ring (bicyclic) bond motifs is 1. The molecule has 0 saturated heterocycles. The van der Waals surface area contributed by atoms with Crippen molar-refractivity contribution in [3.05, 3.63) is 29.0 Å². The van der Waals surface area contributed by atoms with Gasteiger partial charge in [0.15, 0.2) is 0 Å². The molecule has 18 heavy (non-hydrogen) atoms. The van der Waals surface area contributed by atoms with Crippen molar-refractivity contribution in [1.29, 1.82) is 0 Å². The predicted molar refractivity (Wildman–Crippen MR) is 69.9 cm³/mol. The number of amides is 1. The lowest BCUT2D eigenvalue weighted by molar-refractivity contribution is 0.103. The Bertz CT molecular complexity index is 675. The van der Waals surface area contributed by atoms with Crippen LogP contribution in [0.2, 0.25) is 0 Å². The molecule has 0 aromatic carbocycles. The second-order valence-electron chi connectivity index (χ2n) is 3.93. The number of imidazole rings is 1. The maximum absolute atomic E-state index is 12.0. The van der Waals surface area contributed by atoms with Crippen LogP contribution >= 0.6 is 11.3 Å². The van der Waals surface area contributed by atoms with Gasteiger partial charge in [-0.1, -0.05) is 0 Å². The Balaban J connectivity index is 1.94. The minimum atomic E-state index is -0.162. The molecule has 0 bridgehead atoms. The van der Waals surface area contributed by atoms with Gasteiger partial charge in [0.2, 0.25) is 5.95 Å². The lowest BCUT2D eigenvalue weighted by Gasteiger charge is -1.97. The average Bonchev–Trinajstić information content (AvgIpc) is 3.00. The van der Waals surface area contributed by atoms with E-state index in [-0.39, 0.29) is 5.91 Å². The zero-order valence-electron chi connectivity index (χ0n) is 9.89. The molecule has 0 aliphatic rings. The molecular formula is C11H11N5OS. The smallest absolute Gasteiger partial charge is 0.268 e. The van der Waals surface area contributed by atoms with Gasteiger partial charge in [0.1, 0.15) is 4.83 Å². The van der Waals surface area contributed by atoms with Gasteiger partial charge in [-0.05, 0) is 13.0 Å². The van der Waals surface area contributed by atoms with Crippen molar-refractivity contribution in [3.8, 4) is 0 Å². The van der Waals surface area contributed by atoms with Crippen LogP contribution in [0.1, 0.15) is 15.4 Å². The first kappa shape index (κ1) is 11.0. The fourth-order valence-electron chi connectivity index (χ4n) is 1.82. The largest absolute Gasteiger partial charge is 0.331 e.